The lowest BCUT2D eigenvalue weighted by Crippen LogP contribution is -2.32. The van der Waals surface area contributed by atoms with E-state index < -0.39 is 0 Å². The zero-order valence-corrected chi connectivity index (χ0v) is 24.7. The van der Waals surface area contributed by atoms with Crippen molar-refractivity contribution in [2.24, 2.45) is 5.92 Å². The average Bonchev–Trinajstić information content (AvgIpc) is 3.70. The van der Waals surface area contributed by atoms with Crippen LogP contribution < -0.4 is 0 Å². The SMILES string of the molecule is C1=CCC2C(=C1)c1ccccc1C21c2ccccc2-c2c1cc1c3c(cccc23)-c2cc3cc(-c4ccccc4)ccc3cc2-1. The largest absolute Gasteiger partial charge is 0.0839 e. The van der Waals surface area contributed by atoms with Crippen LogP contribution in [-0.4, -0.2) is 0 Å². The van der Waals surface area contributed by atoms with Crippen molar-refractivity contribution in [1.82, 2.24) is 0 Å². The maximum atomic E-state index is 2.61. The van der Waals surface area contributed by atoms with Crippen molar-refractivity contribution in [2.45, 2.75) is 11.8 Å². The smallest absolute Gasteiger partial charge is 0.0541 e. The van der Waals surface area contributed by atoms with Crippen LogP contribution in [0, 0.1) is 5.92 Å². The zero-order valence-electron chi connectivity index (χ0n) is 24.7. The van der Waals surface area contributed by atoms with Crippen LogP contribution in [0.1, 0.15) is 28.7 Å². The summed E-state index contributed by atoms with van der Waals surface area (Å²) in [6.07, 6.45) is 8.07. The minimum absolute atomic E-state index is 0.204. The van der Waals surface area contributed by atoms with Crippen molar-refractivity contribution in [3.63, 3.8) is 0 Å². The summed E-state index contributed by atoms with van der Waals surface area (Å²) in [5, 5.41) is 5.38. The van der Waals surface area contributed by atoms with Crippen LogP contribution in [0.15, 0.2) is 152 Å². The number of rotatable bonds is 1. The molecule has 208 valence electrons. The summed E-state index contributed by atoms with van der Waals surface area (Å²) in [6.45, 7) is 0. The third kappa shape index (κ3) is 2.84. The summed E-state index contributed by atoms with van der Waals surface area (Å²) in [4.78, 5) is 0. The summed E-state index contributed by atoms with van der Waals surface area (Å²) in [5.41, 5.74) is 17.9. The highest BCUT2D eigenvalue weighted by Crippen LogP contribution is 2.67. The Morgan fingerprint density at radius 3 is 2.11 bits per heavy atom. The van der Waals surface area contributed by atoms with Gasteiger partial charge >= 0.3 is 0 Å². The molecule has 0 fully saturated rings. The van der Waals surface area contributed by atoms with Gasteiger partial charge in [0, 0.05) is 5.92 Å². The lowest BCUT2D eigenvalue weighted by molar-refractivity contribution is 0.495. The highest BCUT2D eigenvalue weighted by atomic mass is 14.6. The fraction of sp³-hybridized carbons (Fsp3) is 0.0667. The van der Waals surface area contributed by atoms with E-state index >= 15 is 0 Å². The van der Waals surface area contributed by atoms with Gasteiger partial charge in [-0.05, 0) is 125 Å². The number of hydrogen-bond acceptors (Lipinski definition) is 0. The fourth-order valence-corrected chi connectivity index (χ4v) is 9.52. The molecule has 2 unspecified atom stereocenters. The van der Waals surface area contributed by atoms with Gasteiger partial charge in [0.2, 0.25) is 0 Å². The second-order valence-corrected chi connectivity index (χ2v) is 13.1. The molecule has 0 radical (unpaired) electrons. The lowest BCUT2D eigenvalue weighted by Gasteiger charge is -2.36. The van der Waals surface area contributed by atoms with E-state index in [9.17, 15) is 0 Å². The van der Waals surface area contributed by atoms with E-state index in [0.29, 0.717) is 5.92 Å². The molecule has 11 rings (SSSR count). The number of benzene rings is 7. The van der Waals surface area contributed by atoms with Crippen LogP contribution in [-0.2, 0) is 5.41 Å². The molecule has 4 aliphatic carbocycles. The third-order valence-corrected chi connectivity index (χ3v) is 11.2. The molecule has 0 bridgehead atoms. The lowest BCUT2D eigenvalue weighted by atomic mass is 9.65. The van der Waals surface area contributed by atoms with Crippen molar-refractivity contribution >= 4 is 27.1 Å². The first kappa shape index (κ1) is 23.9. The second-order valence-electron chi connectivity index (χ2n) is 13.1. The highest BCUT2D eigenvalue weighted by Gasteiger charge is 2.56. The van der Waals surface area contributed by atoms with E-state index in [1.54, 1.807) is 0 Å². The molecule has 1 spiro atoms. The Balaban J connectivity index is 1.23. The number of hydrogen-bond donors (Lipinski definition) is 0. The minimum Gasteiger partial charge on any atom is -0.0839 e. The molecule has 7 aromatic rings. The molecular weight excluding hydrogens is 540 g/mol. The quantitative estimate of drug-likeness (QED) is 0.185. The van der Waals surface area contributed by atoms with Gasteiger partial charge in [-0.25, -0.2) is 0 Å². The maximum Gasteiger partial charge on any atom is 0.0541 e. The fourth-order valence-electron chi connectivity index (χ4n) is 9.52. The summed E-state index contributed by atoms with van der Waals surface area (Å²) >= 11 is 0. The van der Waals surface area contributed by atoms with Crippen molar-refractivity contribution in [2.75, 3.05) is 0 Å². The van der Waals surface area contributed by atoms with E-state index in [4.69, 9.17) is 0 Å². The topological polar surface area (TPSA) is 0 Å². The van der Waals surface area contributed by atoms with Gasteiger partial charge in [0.1, 0.15) is 0 Å². The highest BCUT2D eigenvalue weighted by molar-refractivity contribution is 6.22. The standard InChI is InChI=1S/C45H28/c1-2-11-27(12-3-1)28-21-22-29-24-37-36(25-30(29)23-28)33-16-10-17-35-43(33)38(37)26-42-44(35)34-15-6-9-20-41(34)45(42)39-18-7-4-13-31(39)32-14-5-8-19-40(32)45/h1-18,20-26,40H,19H2. The van der Waals surface area contributed by atoms with Gasteiger partial charge in [-0.2, -0.15) is 0 Å². The van der Waals surface area contributed by atoms with Gasteiger partial charge < -0.3 is 0 Å². The normalized spacial score (nSPS) is 19.4. The molecule has 4 aliphatic rings. The molecular formula is C45H28. The Kier molecular flexibility index (Phi) is 4.45. The Bertz CT molecular complexity index is 2510. The minimum atomic E-state index is -0.204. The zero-order chi connectivity index (χ0) is 29.3. The monoisotopic (exact) mass is 568 g/mol. The van der Waals surface area contributed by atoms with Crippen molar-refractivity contribution in [1.29, 1.82) is 0 Å². The van der Waals surface area contributed by atoms with E-state index in [0.717, 1.165) is 6.42 Å². The Morgan fingerprint density at radius 2 is 1.22 bits per heavy atom. The molecule has 0 N–H and O–H groups in total. The summed E-state index contributed by atoms with van der Waals surface area (Å²) in [6, 6.07) is 50.7. The van der Waals surface area contributed by atoms with E-state index in [2.05, 4.69) is 152 Å². The molecule has 7 aromatic carbocycles. The molecule has 45 heavy (non-hydrogen) atoms. The molecule has 0 heteroatoms. The molecule has 2 atom stereocenters. The first-order valence-electron chi connectivity index (χ1n) is 16.1. The second kappa shape index (κ2) is 8.37. The first-order chi connectivity index (χ1) is 22.3. The van der Waals surface area contributed by atoms with Gasteiger partial charge in [-0.1, -0.05) is 127 Å². The average molecular weight is 569 g/mol. The summed E-state index contributed by atoms with van der Waals surface area (Å²) in [5.74, 6) is 0.379. The van der Waals surface area contributed by atoms with Crippen LogP contribution in [0.2, 0.25) is 0 Å². The van der Waals surface area contributed by atoms with Crippen LogP contribution in [0.25, 0.3) is 71.6 Å². The first-order valence-corrected chi connectivity index (χ1v) is 16.1. The molecule has 0 saturated carbocycles. The molecule has 0 amide bonds. The van der Waals surface area contributed by atoms with E-state index in [1.807, 2.05) is 0 Å². The predicted octanol–water partition coefficient (Wildman–Crippen LogP) is 11.6. The van der Waals surface area contributed by atoms with Crippen molar-refractivity contribution in [3.05, 3.63) is 174 Å². The van der Waals surface area contributed by atoms with Crippen molar-refractivity contribution < 1.29 is 0 Å². The van der Waals surface area contributed by atoms with Gasteiger partial charge in [0.15, 0.2) is 0 Å². The van der Waals surface area contributed by atoms with Crippen molar-refractivity contribution in [3.8, 4) is 44.5 Å². The number of allylic oxidation sites excluding steroid dienone is 4. The molecule has 0 nitrogen and oxygen atoms in total. The van der Waals surface area contributed by atoms with Gasteiger partial charge in [-0.3, -0.25) is 0 Å². The molecule has 0 aromatic heterocycles. The summed E-state index contributed by atoms with van der Waals surface area (Å²) in [7, 11) is 0. The molecule has 0 saturated heterocycles. The summed E-state index contributed by atoms with van der Waals surface area (Å²) < 4.78 is 0. The van der Waals surface area contributed by atoms with Crippen LogP contribution in [0.5, 0.6) is 0 Å². The van der Waals surface area contributed by atoms with Gasteiger partial charge in [-0.15, -0.1) is 0 Å². The van der Waals surface area contributed by atoms with E-state index in [1.165, 1.54) is 93.9 Å². The van der Waals surface area contributed by atoms with E-state index in [-0.39, 0.29) is 5.41 Å². The van der Waals surface area contributed by atoms with Crippen LogP contribution >= 0.6 is 0 Å². The maximum absolute atomic E-state index is 2.61. The van der Waals surface area contributed by atoms with Crippen LogP contribution in [0.4, 0.5) is 0 Å². The van der Waals surface area contributed by atoms with Gasteiger partial charge in [0.25, 0.3) is 0 Å². The molecule has 0 aliphatic heterocycles. The predicted molar refractivity (Wildman–Crippen MR) is 188 cm³/mol. The van der Waals surface area contributed by atoms with Crippen LogP contribution in [0.3, 0.4) is 0 Å². The van der Waals surface area contributed by atoms with Gasteiger partial charge in [0.05, 0.1) is 5.41 Å². The Hall–Kier alpha value is -5.46. The molecule has 0 heterocycles. The Labute approximate surface area is 262 Å². The number of fused-ring (bicyclic) bond motifs is 15. The third-order valence-electron chi connectivity index (χ3n) is 11.2. The Morgan fingerprint density at radius 1 is 0.489 bits per heavy atom.